The van der Waals surface area contributed by atoms with Crippen LogP contribution in [0.2, 0.25) is 0 Å². The second kappa shape index (κ2) is 5.16. The van der Waals surface area contributed by atoms with Gasteiger partial charge in [-0.15, -0.1) is 5.10 Å². The molecule has 1 heterocycles. The third-order valence-corrected chi connectivity index (χ3v) is 3.81. The molecule has 2 rings (SSSR count). The van der Waals surface area contributed by atoms with Crippen LogP contribution in [-0.2, 0) is 11.8 Å². The highest BCUT2D eigenvalue weighted by Gasteiger charge is 2.14. The van der Waals surface area contributed by atoms with Crippen molar-refractivity contribution in [2.45, 2.75) is 38.6 Å². The quantitative estimate of drug-likeness (QED) is 0.923. The molecule has 1 unspecified atom stereocenters. The lowest BCUT2D eigenvalue weighted by atomic mass is 9.86. The summed E-state index contributed by atoms with van der Waals surface area (Å²) in [5, 5.41) is 3.82. The molecule has 96 valence electrons. The minimum absolute atomic E-state index is 0.00881. The van der Waals surface area contributed by atoms with Crippen molar-refractivity contribution in [3.05, 3.63) is 46.5 Å². The molecule has 0 fully saturated rings. The molecular formula is C14H19N3S. The van der Waals surface area contributed by atoms with Crippen molar-refractivity contribution in [3.63, 3.8) is 0 Å². The Balaban J connectivity index is 2.07. The van der Waals surface area contributed by atoms with Gasteiger partial charge in [-0.3, -0.25) is 0 Å². The minimum atomic E-state index is -0.00881. The van der Waals surface area contributed by atoms with Crippen molar-refractivity contribution >= 4 is 11.5 Å². The van der Waals surface area contributed by atoms with Crippen LogP contribution in [0, 0.1) is 0 Å². The van der Waals surface area contributed by atoms with Crippen LogP contribution in [0.1, 0.15) is 42.8 Å². The first-order valence-corrected chi connectivity index (χ1v) is 6.86. The van der Waals surface area contributed by atoms with Gasteiger partial charge in [0.1, 0.15) is 0 Å². The van der Waals surface area contributed by atoms with Gasteiger partial charge >= 0.3 is 0 Å². The van der Waals surface area contributed by atoms with Gasteiger partial charge in [0.05, 0.1) is 11.1 Å². The van der Waals surface area contributed by atoms with Crippen LogP contribution in [0.25, 0.3) is 0 Å². The maximum atomic E-state index is 6.13. The summed E-state index contributed by atoms with van der Waals surface area (Å²) < 4.78 is 3.84. The van der Waals surface area contributed by atoms with E-state index in [1.165, 1.54) is 22.7 Å². The Bertz CT molecular complexity index is 483. The van der Waals surface area contributed by atoms with Gasteiger partial charge in [0.2, 0.25) is 0 Å². The number of rotatable bonds is 3. The van der Waals surface area contributed by atoms with E-state index in [1.54, 1.807) is 6.20 Å². The van der Waals surface area contributed by atoms with E-state index >= 15 is 0 Å². The summed E-state index contributed by atoms with van der Waals surface area (Å²) in [6.07, 6.45) is 2.58. The van der Waals surface area contributed by atoms with E-state index in [0.29, 0.717) is 0 Å². The predicted molar refractivity (Wildman–Crippen MR) is 75.7 cm³/mol. The molecule has 3 nitrogen and oxygen atoms in total. The van der Waals surface area contributed by atoms with Gasteiger partial charge in [0, 0.05) is 6.04 Å². The molecule has 0 amide bonds. The molecule has 0 bridgehead atoms. The fourth-order valence-electron chi connectivity index (χ4n) is 1.83. The Morgan fingerprint density at radius 3 is 2.39 bits per heavy atom. The van der Waals surface area contributed by atoms with Gasteiger partial charge in [-0.05, 0) is 34.5 Å². The highest BCUT2D eigenvalue weighted by atomic mass is 32.1. The lowest BCUT2D eigenvalue weighted by molar-refractivity contribution is 0.589. The van der Waals surface area contributed by atoms with Crippen LogP contribution >= 0.6 is 11.5 Å². The van der Waals surface area contributed by atoms with Crippen LogP contribution in [0.3, 0.4) is 0 Å². The average molecular weight is 261 g/mol. The van der Waals surface area contributed by atoms with Crippen molar-refractivity contribution in [1.29, 1.82) is 0 Å². The van der Waals surface area contributed by atoms with Gasteiger partial charge < -0.3 is 5.73 Å². The summed E-state index contributed by atoms with van der Waals surface area (Å²) in [4.78, 5) is 1.04. The Hall–Kier alpha value is -1.26. The van der Waals surface area contributed by atoms with Crippen molar-refractivity contribution in [1.82, 2.24) is 9.59 Å². The van der Waals surface area contributed by atoms with Gasteiger partial charge in [-0.1, -0.05) is 49.5 Å². The van der Waals surface area contributed by atoms with Crippen LogP contribution < -0.4 is 5.73 Å². The number of hydrogen-bond donors (Lipinski definition) is 1. The van der Waals surface area contributed by atoms with E-state index in [4.69, 9.17) is 5.73 Å². The summed E-state index contributed by atoms with van der Waals surface area (Å²) in [6, 6.07) is 8.69. The zero-order chi connectivity index (χ0) is 13.2. The van der Waals surface area contributed by atoms with Crippen LogP contribution in [0.15, 0.2) is 30.5 Å². The fourth-order valence-corrected chi connectivity index (χ4v) is 2.34. The number of benzene rings is 1. The highest BCUT2D eigenvalue weighted by molar-refractivity contribution is 7.05. The molecule has 0 aliphatic rings. The molecule has 4 heteroatoms. The Labute approximate surface area is 112 Å². The SMILES string of the molecule is CC(C)(C)c1ccc(CC(N)c2cnns2)cc1. The second-order valence-electron chi connectivity index (χ2n) is 5.58. The monoisotopic (exact) mass is 261 g/mol. The molecule has 0 aliphatic heterocycles. The first kappa shape index (κ1) is 13.2. The van der Waals surface area contributed by atoms with Crippen molar-refractivity contribution in [2.24, 2.45) is 5.73 Å². The van der Waals surface area contributed by atoms with Crippen molar-refractivity contribution < 1.29 is 0 Å². The largest absolute Gasteiger partial charge is 0.323 e. The maximum Gasteiger partial charge on any atom is 0.0669 e. The first-order valence-electron chi connectivity index (χ1n) is 6.09. The molecule has 0 saturated carbocycles. The van der Waals surface area contributed by atoms with Crippen molar-refractivity contribution in [3.8, 4) is 0 Å². The molecule has 2 N–H and O–H groups in total. The summed E-state index contributed by atoms with van der Waals surface area (Å²) >= 11 is 1.37. The van der Waals surface area contributed by atoms with E-state index in [2.05, 4.69) is 54.6 Å². The van der Waals surface area contributed by atoms with E-state index in [9.17, 15) is 0 Å². The third-order valence-electron chi connectivity index (χ3n) is 3.02. The first-order chi connectivity index (χ1) is 8.47. The molecule has 1 aromatic carbocycles. The topological polar surface area (TPSA) is 51.8 Å². The van der Waals surface area contributed by atoms with Crippen molar-refractivity contribution in [2.75, 3.05) is 0 Å². The standard InChI is InChI=1S/C14H19N3S/c1-14(2,3)11-6-4-10(5-7-11)8-12(15)13-9-16-17-18-13/h4-7,9,12H,8,15H2,1-3H3. The minimum Gasteiger partial charge on any atom is -0.323 e. The van der Waals surface area contributed by atoms with Gasteiger partial charge in [-0.2, -0.15) is 0 Å². The smallest absolute Gasteiger partial charge is 0.0669 e. The van der Waals surface area contributed by atoms with Crippen LogP contribution in [-0.4, -0.2) is 9.59 Å². The molecule has 0 aliphatic carbocycles. The van der Waals surface area contributed by atoms with Gasteiger partial charge in [-0.25, -0.2) is 0 Å². The van der Waals surface area contributed by atoms with E-state index < -0.39 is 0 Å². The lowest BCUT2D eigenvalue weighted by Crippen LogP contribution is -2.13. The zero-order valence-corrected chi connectivity index (χ0v) is 11.9. The zero-order valence-electron chi connectivity index (χ0n) is 11.1. The summed E-state index contributed by atoms with van der Waals surface area (Å²) in [6.45, 7) is 6.66. The Morgan fingerprint density at radius 1 is 1.22 bits per heavy atom. The van der Waals surface area contributed by atoms with Gasteiger partial charge in [0.25, 0.3) is 0 Å². The van der Waals surface area contributed by atoms with Gasteiger partial charge in [0.15, 0.2) is 0 Å². The summed E-state index contributed by atoms with van der Waals surface area (Å²) in [5.74, 6) is 0. The summed E-state index contributed by atoms with van der Waals surface area (Å²) in [5.41, 5.74) is 8.92. The average Bonchev–Trinajstić information content (AvgIpc) is 2.82. The van der Waals surface area contributed by atoms with Crippen LogP contribution in [0.4, 0.5) is 0 Å². The Kier molecular flexibility index (Phi) is 3.78. The second-order valence-corrected chi connectivity index (χ2v) is 6.39. The third kappa shape index (κ3) is 3.15. The molecule has 1 atom stereocenters. The lowest BCUT2D eigenvalue weighted by Gasteiger charge is -2.19. The van der Waals surface area contributed by atoms with E-state index in [1.807, 2.05) is 0 Å². The molecule has 0 spiro atoms. The number of nitrogens with two attached hydrogens (primary N) is 1. The number of nitrogens with zero attached hydrogens (tertiary/aromatic N) is 2. The Morgan fingerprint density at radius 2 is 1.89 bits per heavy atom. The van der Waals surface area contributed by atoms with E-state index in [0.717, 1.165) is 11.3 Å². The summed E-state index contributed by atoms with van der Waals surface area (Å²) in [7, 11) is 0. The van der Waals surface area contributed by atoms with E-state index in [-0.39, 0.29) is 11.5 Å². The normalized spacial score (nSPS) is 13.6. The van der Waals surface area contributed by atoms with Crippen LogP contribution in [0.5, 0.6) is 0 Å². The molecule has 18 heavy (non-hydrogen) atoms. The molecule has 1 aromatic heterocycles. The molecular weight excluding hydrogens is 242 g/mol. The molecule has 0 radical (unpaired) electrons. The fraction of sp³-hybridized carbons (Fsp3) is 0.429. The maximum absolute atomic E-state index is 6.13. The molecule has 0 saturated heterocycles. The molecule has 2 aromatic rings. The highest BCUT2D eigenvalue weighted by Crippen LogP contribution is 2.24. The number of hydrogen-bond acceptors (Lipinski definition) is 4. The predicted octanol–water partition coefficient (Wildman–Crippen LogP) is 3.08. The number of aromatic nitrogens is 2.